The van der Waals surface area contributed by atoms with Crippen LogP contribution in [0.4, 0.5) is 5.82 Å². The molecular weight excluding hydrogens is 294 g/mol. The van der Waals surface area contributed by atoms with E-state index in [9.17, 15) is 0 Å². The predicted octanol–water partition coefficient (Wildman–Crippen LogP) is 2.19. The Labute approximate surface area is 115 Å². The van der Waals surface area contributed by atoms with Crippen molar-refractivity contribution in [2.24, 2.45) is 7.05 Å². The average molecular weight is 310 g/mol. The second-order valence-corrected chi connectivity index (χ2v) is 4.79. The van der Waals surface area contributed by atoms with Crippen LogP contribution in [0, 0.1) is 0 Å². The van der Waals surface area contributed by atoms with Gasteiger partial charge in [0, 0.05) is 44.9 Å². The molecule has 0 atom stereocenters. The van der Waals surface area contributed by atoms with Gasteiger partial charge in [0.1, 0.15) is 22.1 Å². The standard InChI is InChI=1S/C12H16BrN5/c1-3-10-16-9(13)8-11(17-10)14-5-4-12-15-6-7-18(12)2/h6-8H,3-5H2,1-2H3,(H,14,16,17). The number of aryl methyl sites for hydroxylation is 2. The normalized spacial score (nSPS) is 10.6. The molecule has 0 amide bonds. The number of rotatable bonds is 5. The highest BCUT2D eigenvalue weighted by atomic mass is 79.9. The van der Waals surface area contributed by atoms with E-state index >= 15 is 0 Å². The molecule has 0 aliphatic carbocycles. The molecule has 5 nitrogen and oxygen atoms in total. The summed E-state index contributed by atoms with van der Waals surface area (Å²) in [6.45, 7) is 2.84. The molecule has 2 aromatic rings. The summed E-state index contributed by atoms with van der Waals surface area (Å²) in [6.07, 6.45) is 5.46. The monoisotopic (exact) mass is 309 g/mol. The zero-order valence-electron chi connectivity index (χ0n) is 10.5. The van der Waals surface area contributed by atoms with Gasteiger partial charge in [-0.15, -0.1) is 0 Å². The van der Waals surface area contributed by atoms with Crippen molar-refractivity contribution in [3.05, 3.63) is 34.7 Å². The smallest absolute Gasteiger partial charge is 0.131 e. The maximum Gasteiger partial charge on any atom is 0.131 e. The van der Waals surface area contributed by atoms with Gasteiger partial charge in [0.15, 0.2) is 0 Å². The Morgan fingerprint density at radius 1 is 1.39 bits per heavy atom. The predicted molar refractivity (Wildman–Crippen MR) is 74.5 cm³/mol. The third-order valence-electron chi connectivity index (χ3n) is 2.63. The second kappa shape index (κ2) is 5.95. The molecule has 96 valence electrons. The van der Waals surface area contributed by atoms with Gasteiger partial charge in [-0.1, -0.05) is 6.92 Å². The number of anilines is 1. The summed E-state index contributed by atoms with van der Waals surface area (Å²) in [5.74, 6) is 2.75. The van der Waals surface area contributed by atoms with Gasteiger partial charge in [0.2, 0.25) is 0 Å². The summed E-state index contributed by atoms with van der Waals surface area (Å²) >= 11 is 3.39. The summed E-state index contributed by atoms with van der Waals surface area (Å²) in [7, 11) is 2.00. The molecule has 0 fully saturated rings. The van der Waals surface area contributed by atoms with Crippen LogP contribution in [0.5, 0.6) is 0 Å². The summed E-state index contributed by atoms with van der Waals surface area (Å²) in [6, 6.07) is 1.89. The maximum absolute atomic E-state index is 4.41. The van der Waals surface area contributed by atoms with Crippen molar-refractivity contribution in [2.75, 3.05) is 11.9 Å². The van der Waals surface area contributed by atoms with E-state index in [2.05, 4.69) is 36.2 Å². The number of halogens is 1. The van der Waals surface area contributed by atoms with Crippen LogP contribution in [-0.2, 0) is 19.9 Å². The first kappa shape index (κ1) is 13.0. The first-order valence-electron chi connectivity index (χ1n) is 5.92. The molecule has 1 N–H and O–H groups in total. The van der Waals surface area contributed by atoms with Crippen LogP contribution in [0.1, 0.15) is 18.6 Å². The van der Waals surface area contributed by atoms with Gasteiger partial charge < -0.3 is 9.88 Å². The van der Waals surface area contributed by atoms with Crippen LogP contribution in [0.15, 0.2) is 23.1 Å². The summed E-state index contributed by atoms with van der Waals surface area (Å²) in [5.41, 5.74) is 0. The van der Waals surface area contributed by atoms with Crippen LogP contribution in [0.2, 0.25) is 0 Å². The molecule has 0 saturated heterocycles. The van der Waals surface area contributed by atoms with Crippen molar-refractivity contribution < 1.29 is 0 Å². The minimum atomic E-state index is 0.803. The van der Waals surface area contributed by atoms with E-state index < -0.39 is 0 Å². The number of nitrogens with one attached hydrogen (secondary N) is 1. The lowest BCUT2D eigenvalue weighted by Crippen LogP contribution is -2.10. The Kier molecular flexibility index (Phi) is 4.30. The van der Waals surface area contributed by atoms with Gasteiger partial charge in [0.05, 0.1) is 0 Å². The molecule has 18 heavy (non-hydrogen) atoms. The molecule has 2 rings (SSSR count). The van der Waals surface area contributed by atoms with E-state index in [-0.39, 0.29) is 0 Å². The lowest BCUT2D eigenvalue weighted by Gasteiger charge is -2.07. The van der Waals surface area contributed by atoms with Gasteiger partial charge >= 0.3 is 0 Å². The number of hydrogen-bond donors (Lipinski definition) is 1. The zero-order chi connectivity index (χ0) is 13.0. The van der Waals surface area contributed by atoms with Crippen molar-refractivity contribution in [1.29, 1.82) is 0 Å². The Hall–Kier alpha value is -1.43. The largest absolute Gasteiger partial charge is 0.369 e. The van der Waals surface area contributed by atoms with Crippen molar-refractivity contribution in [1.82, 2.24) is 19.5 Å². The Morgan fingerprint density at radius 2 is 2.22 bits per heavy atom. The van der Waals surface area contributed by atoms with Crippen LogP contribution >= 0.6 is 15.9 Å². The van der Waals surface area contributed by atoms with Gasteiger partial charge in [-0.05, 0) is 15.9 Å². The number of imidazole rings is 1. The number of hydrogen-bond acceptors (Lipinski definition) is 4. The molecule has 2 aromatic heterocycles. The summed E-state index contributed by atoms with van der Waals surface area (Å²) in [4.78, 5) is 13.0. The molecule has 0 aliphatic heterocycles. The average Bonchev–Trinajstić information content (AvgIpc) is 2.74. The minimum absolute atomic E-state index is 0.803. The van der Waals surface area contributed by atoms with Crippen molar-refractivity contribution in [3.63, 3.8) is 0 Å². The minimum Gasteiger partial charge on any atom is -0.369 e. The molecule has 6 heteroatoms. The lowest BCUT2D eigenvalue weighted by atomic mass is 10.4. The molecule has 0 aromatic carbocycles. The topological polar surface area (TPSA) is 55.6 Å². The van der Waals surface area contributed by atoms with Crippen LogP contribution < -0.4 is 5.32 Å². The van der Waals surface area contributed by atoms with Crippen molar-refractivity contribution >= 4 is 21.7 Å². The quantitative estimate of drug-likeness (QED) is 0.860. The first-order chi connectivity index (χ1) is 8.69. The van der Waals surface area contributed by atoms with Gasteiger partial charge in [-0.25, -0.2) is 15.0 Å². The van der Waals surface area contributed by atoms with E-state index in [1.54, 1.807) is 0 Å². The third kappa shape index (κ3) is 3.29. The fourth-order valence-corrected chi connectivity index (χ4v) is 2.07. The highest BCUT2D eigenvalue weighted by Crippen LogP contribution is 2.12. The molecule has 0 aliphatic rings. The molecular formula is C12H16BrN5. The zero-order valence-corrected chi connectivity index (χ0v) is 12.1. The van der Waals surface area contributed by atoms with E-state index in [4.69, 9.17) is 0 Å². The fraction of sp³-hybridized carbons (Fsp3) is 0.417. The number of nitrogens with zero attached hydrogens (tertiary/aromatic N) is 4. The highest BCUT2D eigenvalue weighted by molar-refractivity contribution is 9.10. The molecule has 2 heterocycles. The molecule has 0 saturated carbocycles. The van der Waals surface area contributed by atoms with Crippen LogP contribution in [0.3, 0.4) is 0 Å². The summed E-state index contributed by atoms with van der Waals surface area (Å²) in [5, 5.41) is 3.29. The van der Waals surface area contributed by atoms with Gasteiger partial charge in [-0.3, -0.25) is 0 Å². The Bertz CT molecular complexity index is 523. The first-order valence-corrected chi connectivity index (χ1v) is 6.72. The third-order valence-corrected chi connectivity index (χ3v) is 3.04. The summed E-state index contributed by atoms with van der Waals surface area (Å²) < 4.78 is 2.84. The van der Waals surface area contributed by atoms with Crippen LogP contribution in [-0.4, -0.2) is 26.1 Å². The second-order valence-electron chi connectivity index (χ2n) is 3.98. The van der Waals surface area contributed by atoms with E-state index in [0.29, 0.717) is 0 Å². The Balaban J connectivity index is 1.94. The number of aromatic nitrogens is 4. The van der Waals surface area contributed by atoms with Gasteiger partial charge in [0.25, 0.3) is 0 Å². The molecule has 0 unspecified atom stereocenters. The van der Waals surface area contributed by atoms with E-state index in [1.165, 1.54) is 0 Å². The van der Waals surface area contributed by atoms with Crippen molar-refractivity contribution in [3.8, 4) is 0 Å². The highest BCUT2D eigenvalue weighted by Gasteiger charge is 2.02. The van der Waals surface area contributed by atoms with Crippen LogP contribution in [0.25, 0.3) is 0 Å². The lowest BCUT2D eigenvalue weighted by molar-refractivity contribution is 0.787. The molecule has 0 bridgehead atoms. The molecule has 0 spiro atoms. The maximum atomic E-state index is 4.41. The Morgan fingerprint density at radius 3 is 2.89 bits per heavy atom. The van der Waals surface area contributed by atoms with Crippen molar-refractivity contribution in [2.45, 2.75) is 19.8 Å². The van der Waals surface area contributed by atoms with Gasteiger partial charge in [-0.2, -0.15) is 0 Å². The van der Waals surface area contributed by atoms with E-state index in [0.717, 1.165) is 41.5 Å². The van der Waals surface area contributed by atoms with E-state index in [1.807, 2.05) is 37.0 Å². The fourth-order valence-electron chi connectivity index (χ4n) is 1.65. The molecule has 0 radical (unpaired) electrons. The SMILES string of the molecule is CCc1nc(Br)cc(NCCc2nccn2C)n1.